The summed E-state index contributed by atoms with van der Waals surface area (Å²) in [5, 5.41) is -2.26. The lowest BCUT2D eigenvalue weighted by molar-refractivity contribution is -0.161. The summed E-state index contributed by atoms with van der Waals surface area (Å²) in [6.07, 6.45) is -16.3. The van der Waals surface area contributed by atoms with Gasteiger partial charge in [0, 0.05) is 5.39 Å². The molecule has 0 nitrogen and oxygen atoms in total. The Hall–Kier alpha value is -1.93. The van der Waals surface area contributed by atoms with Crippen LogP contribution in [0.2, 0.25) is 0 Å². The molecular weight excluding hydrogens is 327 g/mol. The molecule has 22 heavy (non-hydrogen) atoms. The molecule has 0 heterocycles. The minimum atomic E-state index is -5.61. The lowest BCUT2D eigenvalue weighted by Gasteiger charge is -2.20. The van der Waals surface area contributed by atoms with Crippen molar-refractivity contribution in [2.75, 3.05) is 0 Å². The third-order valence-corrected chi connectivity index (χ3v) is 2.86. The maximum absolute atomic E-state index is 13.0. The van der Waals surface area contributed by atoms with Crippen LogP contribution in [0.4, 0.5) is 39.5 Å². The standard InChI is InChI=1S/C13H4F9/c14-11(15,16)7-3-1-2-6-4-5-8(12(17,18)19)10(9(6)7)13(20,21)22/h1,3-5H. The molecule has 9 heteroatoms. The van der Waals surface area contributed by atoms with Crippen molar-refractivity contribution in [3.05, 3.63) is 47.0 Å². The third-order valence-electron chi connectivity index (χ3n) is 2.86. The van der Waals surface area contributed by atoms with Crippen LogP contribution in [0, 0.1) is 6.07 Å². The number of benzene rings is 2. The van der Waals surface area contributed by atoms with Gasteiger partial charge in [-0.05, 0) is 23.6 Å². The van der Waals surface area contributed by atoms with Crippen LogP contribution in [0.1, 0.15) is 16.7 Å². The number of fused-ring (bicyclic) bond motifs is 1. The first-order valence-electron chi connectivity index (χ1n) is 5.52. The maximum atomic E-state index is 13.0. The number of hydrogen-bond donors (Lipinski definition) is 0. The van der Waals surface area contributed by atoms with Gasteiger partial charge in [0.15, 0.2) is 0 Å². The molecule has 0 fully saturated rings. The molecular formula is C13H4F9. The average Bonchev–Trinajstić information content (AvgIpc) is 2.33. The molecule has 0 saturated heterocycles. The fourth-order valence-corrected chi connectivity index (χ4v) is 2.07. The monoisotopic (exact) mass is 331 g/mol. The zero-order valence-corrected chi connectivity index (χ0v) is 10.2. The van der Waals surface area contributed by atoms with Crippen LogP contribution in [0.5, 0.6) is 0 Å². The molecule has 119 valence electrons. The molecule has 0 amide bonds. The van der Waals surface area contributed by atoms with Crippen molar-refractivity contribution >= 4 is 10.8 Å². The van der Waals surface area contributed by atoms with Crippen molar-refractivity contribution in [3.63, 3.8) is 0 Å². The van der Waals surface area contributed by atoms with Crippen molar-refractivity contribution in [1.29, 1.82) is 0 Å². The van der Waals surface area contributed by atoms with Gasteiger partial charge in [0.1, 0.15) is 0 Å². The number of alkyl halides is 9. The van der Waals surface area contributed by atoms with Crippen molar-refractivity contribution in [1.82, 2.24) is 0 Å². The molecule has 0 saturated carbocycles. The molecule has 0 aliphatic heterocycles. The van der Waals surface area contributed by atoms with Gasteiger partial charge in [-0.1, -0.05) is 12.1 Å². The zero-order chi connectivity index (χ0) is 16.9. The molecule has 0 spiro atoms. The predicted octanol–water partition coefficient (Wildman–Crippen LogP) is 5.70. The van der Waals surface area contributed by atoms with Crippen molar-refractivity contribution in [2.45, 2.75) is 18.5 Å². The van der Waals surface area contributed by atoms with Gasteiger partial charge >= 0.3 is 18.5 Å². The van der Waals surface area contributed by atoms with Crippen molar-refractivity contribution < 1.29 is 39.5 Å². The summed E-state index contributed by atoms with van der Waals surface area (Å²) < 4.78 is 116. The van der Waals surface area contributed by atoms with Gasteiger partial charge in [0.05, 0.1) is 16.7 Å². The van der Waals surface area contributed by atoms with Crippen LogP contribution in [-0.2, 0) is 18.5 Å². The first-order chi connectivity index (χ1) is 9.83. The van der Waals surface area contributed by atoms with E-state index in [1.807, 2.05) is 0 Å². The van der Waals surface area contributed by atoms with Gasteiger partial charge in [0.25, 0.3) is 0 Å². The van der Waals surface area contributed by atoms with E-state index in [4.69, 9.17) is 0 Å². The number of rotatable bonds is 0. The number of hydrogen-bond acceptors (Lipinski definition) is 0. The summed E-state index contributed by atoms with van der Waals surface area (Å²) in [6.45, 7) is 0. The summed E-state index contributed by atoms with van der Waals surface area (Å²) in [6, 6.07) is 3.69. The molecule has 0 aliphatic rings. The highest BCUT2D eigenvalue weighted by Gasteiger charge is 2.46. The Morgan fingerprint density at radius 3 is 1.64 bits per heavy atom. The topological polar surface area (TPSA) is 0 Å². The van der Waals surface area contributed by atoms with Gasteiger partial charge in [0.2, 0.25) is 0 Å². The summed E-state index contributed by atoms with van der Waals surface area (Å²) in [7, 11) is 0. The highest BCUT2D eigenvalue weighted by Crippen LogP contribution is 2.47. The summed E-state index contributed by atoms with van der Waals surface area (Å²) >= 11 is 0. The van der Waals surface area contributed by atoms with Gasteiger partial charge in [-0.2, -0.15) is 39.5 Å². The predicted molar refractivity (Wildman–Crippen MR) is 57.8 cm³/mol. The van der Waals surface area contributed by atoms with Crippen molar-refractivity contribution in [3.8, 4) is 0 Å². The number of halogens is 9. The summed E-state index contributed by atoms with van der Waals surface area (Å²) in [5.74, 6) is 0. The maximum Gasteiger partial charge on any atom is 0.417 e. The molecule has 0 aliphatic carbocycles. The summed E-state index contributed by atoms with van der Waals surface area (Å²) in [5.41, 5.74) is -6.32. The Kier molecular flexibility index (Phi) is 3.58. The smallest absolute Gasteiger partial charge is 0.166 e. The Labute approximate surface area is 117 Å². The first kappa shape index (κ1) is 16.4. The Balaban J connectivity index is 3.05. The quantitative estimate of drug-likeness (QED) is 0.544. The van der Waals surface area contributed by atoms with E-state index in [0.717, 1.165) is 0 Å². The van der Waals surface area contributed by atoms with E-state index < -0.39 is 46.0 Å². The van der Waals surface area contributed by atoms with E-state index in [9.17, 15) is 39.5 Å². The molecule has 0 atom stereocenters. The van der Waals surface area contributed by atoms with Crippen LogP contribution in [-0.4, -0.2) is 0 Å². The van der Waals surface area contributed by atoms with E-state index in [2.05, 4.69) is 6.07 Å². The Morgan fingerprint density at radius 2 is 1.18 bits per heavy atom. The Morgan fingerprint density at radius 1 is 0.636 bits per heavy atom. The lowest BCUT2D eigenvalue weighted by Crippen LogP contribution is -2.19. The second kappa shape index (κ2) is 4.79. The minimum absolute atomic E-state index is 0.0990. The molecule has 0 aromatic heterocycles. The van der Waals surface area contributed by atoms with Crippen LogP contribution < -0.4 is 0 Å². The minimum Gasteiger partial charge on any atom is -0.166 e. The SMILES string of the molecule is FC(F)(F)c1ccc2[c]ccc(C(F)(F)F)c2c1C(F)(F)F. The fraction of sp³-hybridized carbons (Fsp3) is 0.231. The normalized spacial score (nSPS) is 13.7. The third kappa shape index (κ3) is 2.84. The van der Waals surface area contributed by atoms with E-state index in [0.29, 0.717) is 12.1 Å². The molecule has 0 N–H and O–H groups in total. The van der Waals surface area contributed by atoms with Crippen LogP contribution in [0.3, 0.4) is 0 Å². The molecule has 2 rings (SSSR count). The van der Waals surface area contributed by atoms with Gasteiger partial charge < -0.3 is 0 Å². The molecule has 0 unspecified atom stereocenters. The Bertz CT molecular complexity index is 704. The largest absolute Gasteiger partial charge is 0.417 e. The highest BCUT2D eigenvalue weighted by atomic mass is 19.4. The molecule has 1 radical (unpaired) electrons. The van der Waals surface area contributed by atoms with E-state index in [1.54, 1.807) is 0 Å². The second-order valence-electron chi connectivity index (χ2n) is 4.30. The second-order valence-corrected chi connectivity index (χ2v) is 4.30. The summed E-state index contributed by atoms with van der Waals surface area (Å²) in [4.78, 5) is 0. The highest BCUT2D eigenvalue weighted by molar-refractivity contribution is 5.90. The molecule has 2 aromatic rings. The van der Waals surface area contributed by atoms with Crippen LogP contribution in [0.15, 0.2) is 24.3 Å². The lowest BCUT2D eigenvalue weighted by atomic mass is 9.94. The van der Waals surface area contributed by atoms with E-state index in [-0.39, 0.29) is 12.1 Å². The molecule has 0 bridgehead atoms. The zero-order valence-electron chi connectivity index (χ0n) is 10.2. The van der Waals surface area contributed by atoms with E-state index in [1.165, 1.54) is 0 Å². The van der Waals surface area contributed by atoms with Crippen LogP contribution >= 0.6 is 0 Å². The molecule has 2 aromatic carbocycles. The van der Waals surface area contributed by atoms with E-state index >= 15 is 0 Å². The first-order valence-corrected chi connectivity index (χ1v) is 5.52. The average molecular weight is 331 g/mol. The fourth-order valence-electron chi connectivity index (χ4n) is 2.07. The van der Waals surface area contributed by atoms with Crippen molar-refractivity contribution in [2.24, 2.45) is 0 Å². The van der Waals surface area contributed by atoms with Gasteiger partial charge in [-0.15, -0.1) is 0 Å². The van der Waals surface area contributed by atoms with Gasteiger partial charge in [-0.25, -0.2) is 0 Å². The van der Waals surface area contributed by atoms with Crippen LogP contribution in [0.25, 0.3) is 10.8 Å². The van der Waals surface area contributed by atoms with Gasteiger partial charge in [-0.3, -0.25) is 0 Å².